The van der Waals surface area contributed by atoms with E-state index in [1.165, 1.54) is 6.07 Å². The lowest BCUT2D eigenvalue weighted by Gasteiger charge is -2.13. The van der Waals surface area contributed by atoms with Crippen LogP contribution >= 0.6 is 15.9 Å². The second-order valence-corrected chi connectivity index (χ2v) is 5.35. The van der Waals surface area contributed by atoms with Crippen molar-refractivity contribution in [3.63, 3.8) is 0 Å². The molecule has 0 bridgehead atoms. The molecule has 19 heavy (non-hydrogen) atoms. The van der Waals surface area contributed by atoms with E-state index >= 15 is 0 Å². The number of alkyl halides is 3. The molecule has 1 aliphatic carbocycles. The molecule has 1 aliphatic rings. The van der Waals surface area contributed by atoms with Crippen molar-refractivity contribution in [2.75, 3.05) is 6.61 Å². The topological polar surface area (TPSA) is 26.3 Å². The normalized spacial score (nSPS) is 22.2. The Balaban J connectivity index is 2.25. The molecule has 1 fully saturated rings. The van der Waals surface area contributed by atoms with Crippen LogP contribution in [0.25, 0.3) is 0 Å². The highest BCUT2D eigenvalue weighted by molar-refractivity contribution is 9.10. The molecule has 0 radical (unpaired) electrons. The molecule has 1 saturated carbocycles. The first kappa shape index (κ1) is 14.4. The van der Waals surface area contributed by atoms with E-state index in [2.05, 4.69) is 15.9 Å². The van der Waals surface area contributed by atoms with Crippen LogP contribution in [-0.4, -0.2) is 12.6 Å². The minimum atomic E-state index is -4.42. The Labute approximate surface area is 117 Å². The van der Waals surface area contributed by atoms with E-state index in [1.54, 1.807) is 13.0 Å². The number of benzene rings is 1. The lowest BCUT2D eigenvalue weighted by atomic mass is 10.0. The Hall–Kier alpha value is -1.04. The number of hydrogen-bond acceptors (Lipinski definition) is 2. The summed E-state index contributed by atoms with van der Waals surface area (Å²) < 4.78 is 44.1. The Morgan fingerprint density at radius 3 is 2.74 bits per heavy atom. The van der Waals surface area contributed by atoms with Gasteiger partial charge in [-0.05, 0) is 37.0 Å². The molecule has 0 spiro atoms. The number of ether oxygens (including phenoxy) is 1. The first-order chi connectivity index (χ1) is 8.84. The first-order valence-electron chi connectivity index (χ1n) is 5.88. The Bertz CT molecular complexity index is 499. The summed E-state index contributed by atoms with van der Waals surface area (Å²) in [4.78, 5) is 11.5. The Morgan fingerprint density at radius 1 is 1.47 bits per heavy atom. The summed E-state index contributed by atoms with van der Waals surface area (Å²) in [6.07, 6.45) is -4.00. The lowest BCUT2D eigenvalue weighted by molar-refractivity contribution is -0.145. The van der Waals surface area contributed by atoms with Crippen LogP contribution in [-0.2, 0) is 15.7 Å². The summed E-state index contributed by atoms with van der Waals surface area (Å²) in [6, 6.07) is 4.04. The highest BCUT2D eigenvalue weighted by Gasteiger charge is 2.48. The fraction of sp³-hybridized carbons (Fsp3) is 0.462. The van der Waals surface area contributed by atoms with Crippen molar-refractivity contribution in [3.05, 3.63) is 33.8 Å². The molecule has 1 aromatic carbocycles. The number of halogens is 4. The summed E-state index contributed by atoms with van der Waals surface area (Å²) in [5, 5.41) is 0. The van der Waals surface area contributed by atoms with Crippen LogP contribution in [0, 0.1) is 5.92 Å². The third-order valence-electron chi connectivity index (χ3n) is 3.10. The second kappa shape index (κ2) is 5.15. The number of rotatable bonds is 3. The second-order valence-electron chi connectivity index (χ2n) is 4.43. The zero-order chi connectivity index (χ0) is 14.2. The maximum atomic E-state index is 13.0. The molecule has 0 aliphatic heterocycles. The lowest BCUT2D eigenvalue weighted by Crippen LogP contribution is -2.11. The van der Waals surface area contributed by atoms with Crippen LogP contribution in [0.3, 0.4) is 0 Å². The van der Waals surface area contributed by atoms with Gasteiger partial charge in [0.15, 0.2) is 0 Å². The molecule has 0 amide bonds. The summed E-state index contributed by atoms with van der Waals surface area (Å²) in [6.45, 7) is 1.92. The van der Waals surface area contributed by atoms with E-state index < -0.39 is 23.6 Å². The molecular formula is C13H12BrF3O2. The van der Waals surface area contributed by atoms with Gasteiger partial charge in [-0.25, -0.2) is 0 Å². The Morgan fingerprint density at radius 2 is 2.16 bits per heavy atom. The van der Waals surface area contributed by atoms with Gasteiger partial charge in [0.1, 0.15) is 0 Å². The van der Waals surface area contributed by atoms with Crippen molar-refractivity contribution in [3.8, 4) is 0 Å². The Kier molecular flexibility index (Phi) is 3.90. The van der Waals surface area contributed by atoms with E-state index in [4.69, 9.17) is 4.74 Å². The zero-order valence-electron chi connectivity index (χ0n) is 10.1. The standard InChI is InChI=1S/C13H12BrF3O2/c1-2-19-12(18)10-6-9(10)8-4-3-7(14)5-11(8)13(15,16)17/h3-5,9-10H,2,6H2,1H3. The predicted molar refractivity (Wildman–Crippen MR) is 66.6 cm³/mol. The van der Waals surface area contributed by atoms with Gasteiger partial charge in [0.05, 0.1) is 18.1 Å². The number of hydrogen-bond donors (Lipinski definition) is 0. The van der Waals surface area contributed by atoms with Gasteiger partial charge >= 0.3 is 12.1 Å². The summed E-state index contributed by atoms with van der Waals surface area (Å²) in [5.74, 6) is -1.24. The summed E-state index contributed by atoms with van der Waals surface area (Å²) in [7, 11) is 0. The van der Waals surface area contributed by atoms with Gasteiger partial charge in [0.2, 0.25) is 0 Å². The molecule has 6 heteroatoms. The van der Waals surface area contributed by atoms with Crippen LogP contribution in [0.4, 0.5) is 13.2 Å². The van der Waals surface area contributed by atoms with E-state index in [0.29, 0.717) is 10.9 Å². The molecule has 0 heterocycles. The van der Waals surface area contributed by atoms with Crippen LogP contribution < -0.4 is 0 Å². The predicted octanol–water partition coefficient (Wildman–Crippen LogP) is 4.13. The van der Waals surface area contributed by atoms with Gasteiger partial charge in [-0.1, -0.05) is 22.0 Å². The highest BCUT2D eigenvalue weighted by atomic mass is 79.9. The molecule has 104 valence electrons. The van der Waals surface area contributed by atoms with Crippen LogP contribution in [0.15, 0.2) is 22.7 Å². The third kappa shape index (κ3) is 3.11. The van der Waals surface area contributed by atoms with Crippen LogP contribution in [0.2, 0.25) is 0 Å². The average Bonchev–Trinajstić information content (AvgIpc) is 3.08. The number of esters is 1. The smallest absolute Gasteiger partial charge is 0.416 e. The van der Waals surface area contributed by atoms with Crippen molar-refractivity contribution < 1.29 is 22.7 Å². The van der Waals surface area contributed by atoms with Gasteiger partial charge < -0.3 is 4.74 Å². The zero-order valence-corrected chi connectivity index (χ0v) is 11.7. The molecule has 0 saturated heterocycles. The van der Waals surface area contributed by atoms with Gasteiger partial charge in [0, 0.05) is 4.47 Å². The third-order valence-corrected chi connectivity index (χ3v) is 3.59. The van der Waals surface area contributed by atoms with Gasteiger partial charge in [-0.3, -0.25) is 4.79 Å². The monoisotopic (exact) mass is 336 g/mol. The molecule has 2 rings (SSSR count). The van der Waals surface area contributed by atoms with Crippen molar-refractivity contribution in [2.45, 2.75) is 25.4 Å². The number of carbonyl (C=O) groups excluding carboxylic acids is 1. The van der Waals surface area contributed by atoms with E-state index in [-0.39, 0.29) is 18.1 Å². The quantitative estimate of drug-likeness (QED) is 0.775. The van der Waals surface area contributed by atoms with Gasteiger partial charge in [-0.15, -0.1) is 0 Å². The van der Waals surface area contributed by atoms with E-state index in [1.807, 2.05) is 0 Å². The maximum absolute atomic E-state index is 13.0. The molecule has 0 aromatic heterocycles. The highest BCUT2D eigenvalue weighted by Crippen LogP contribution is 2.51. The van der Waals surface area contributed by atoms with Gasteiger partial charge in [-0.2, -0.15) is 13.2 Å². The molecule has 1 aromatic rings. The van der Waals surface area contributed by atoms with Crippen molar-refractivity contribution in [1.29, 1.82) is 0 Å². The fourth-order valence-electron chi connectivity index (χ4n) is 2.15. The average molecular weight is 337 g/mol. The van der Waals surface area contributed by atoms with Crippen LogP contribution in [0.1, 0.15) is 30.4 Å². The van der Waals surface area contributed by atoms with E-state index in [0.717, 1.165) is 6.07 Å². The largest absolute Gasteiger partial charge is 0.466 e. The van der Waals surface area contributed by atoms with Crippen molar-refractivity contribution in [2.24, 2.45) is 5.92 Å². The summed E-state index contributed by atoms with van der Waals surface area (Å²) >= 11 is 3.04. The molecule has 2 unspecified atom stereocenters. The van der Waals surface area contributed by atoms with Gasteiger partial charge in [0.25, 0.3) is 0 Å². The SMILES string of the molecule is CCOC(=O)C1CC1c1ccc(Br)cc1C(F)(F)F. The summed E-state index contributed by atoms with van der Waals surface area (Å²) in [5.41, 5.74) is -0.507. The fourth-order valence-corrected chi connectivity index (χ4v) is 2.51. The molecule has 0 N–H and O–H groups in total. The molecule has 2 nitrogen and oxygen atoms in total. The molecular weight excluding hydrogens is 325 g/mol. The number of carbonyl (C=O) groups is 1. The minimum absolute atomic E-state index is 0.175. The van der Waals surface area contributed by atoms with Crippen molar-refractivity contribution >= 4 is 21.9 Å². The van der Waals surface area contributed by atoms with E-state index in [9.17, 15) is 18.0 Å². The molecule has 2 atom stereocenters. The first-order valence-corrected chi connectivity index (χ1v) is 6.67. The van der Waals surface area contributed by atoms with Crippen molar-refractivity contribution in [1.82, 2.24) is 0 Å². The maximum Gasteiger partial charge on any atom is 0.416 e. The minimum Gasteiger partial charge on any atom is -0.466 e. The van der Waals surface area contributed by atoms with Crippen LogP contribution in [0.5, 0.6) is 0 Å².